The second-order valence-electron chi connectivity index (χ2n) is 6.49. The van der Waals surface area contributed by atoms with Crippen molar-refractivity contribution < 1.29 is 14.6 Å². The van der Waals surface area contributed by atoms with Gasteiger partial charge in [0, 0.05) is 30.7 Å². The Balaban J connectivity index is 2.53. The number of hydrogen-bond donors (Lipinski definition) is 1. The predicted octanol–water partition coefficient (Wildman–Crippen LogP) is 4.85. The third-order valence-electron chi connectivity index (χ3n) is 3.93. The average Bonchev–Trinajstić information content (AvgIpc) is 2.55. The minimum Gasteiger partial charge on any atom is -0.491 e. The summed E-state index contributed by atoms with van der Waals surface area (Å²) in [5.41, 5.74) is 2.85. The number of anilines is 2. The van der Waals surface area contributed by atoms with E-state index in [4.69, 9.17) is 4.74 Å². The van der Waals surface area contributed by atoms with Gasteiger partial charge in [-0.25, -0.2) is 4.79 Å². The minimum atomic E-state index is -0.987. The first-order chi connectivity index (χ1) is 11.8. The lowest BCUT2D eigenvalue weighted by Gasteiger charge is -2.26. The average molecular weight is 342 g/mol. The van der Waals surface area contributed by atoms with Crippen LogP contribution in [0.15, 0.2) is 36.7 Å². The minimum absolute atomic E-state index is 0.0679. The molecule has 2 aromatic rings. The first-order valence-electron chi connectivity index (χ1n) is 8.60. The molecular weight excluding hydrogens is 316 g/mol. The van der Waals surface area contributed by atoms with Crippen LogP contribution in [0.25, 0.3) is 0 Å². The summed E-state index contributed by atoms with van der Waals surface area (Å²) >= 11 is 0. The first-order valence-corrected chi connectivity index (χ1v) is 8.60. The molecule has 0 amide bonds. The van der Waals surface area contributed by atoms with E-state index in [1.54, 1.807) is 12.3 Å². The van der Waals surface area contributed by atoms with Crippen molar-refractivity contribution in [2.75, 3.05) is 11.4 Å². The normalized spacial score (nSPS) is 11.0. The third-order valence-corrected chi connectivity index (χ3v) is 3.93. The smallest absolute Gasteiger partial charge is 0.339 e. The zero-order valence-electron chi connectivity index (χ0n) is 15.5. The molecule has 0 atom stereocenters. The first kappa shape index (κ1) is 18.8. The van der Waals surface area contributed by atoms with Gasteiger partial charge in [-0.2, -0.15) is 0 Å². The Kier molecular flexibility index (Phi) is 6.02. The Bertz CT molecular complexity index is 741. The van der Waals surface area contributed by atoms with Crippen LogP contribution < -0.4 is 9.64 Å². The second-order valence-corrected chi connectivity index (χ2v) is 6.49. The van der Waals surface area contributed by atoms with E-state index in [2.05, 4.69) is 24.9 Å². The van der Waals surface area contributed by atoms with Crippen LogP contribution in [0.4, 0.5) is 11.4 Å². The van der Waals surface area contributed by atoms with E-state index in [0.29, 0.717) is 18.2 Å². The molecule has 0 bridgehead atoms. The molecule has 25 heavy (non-hydrogen) atoms. The molecule has 0 saturated heterocycles. The number of ether oxygens (including phenoxy) is 1. The molecule has 1 aromatic carbocycles. The number of nitrogens with zero attached hydrogens (tertiary/aromatic N) is 2. The number of hydrogen-bond acceptors (Lipinski definition) is 4. The number of carboxylic acid groups (broad SMARTS) is 1. The maximum absolute atomic E-state index is 11.5. The van der Waals surface area contributed by atoms with Crippen LogP contribution in [0.3, 0.4) is 0 Å². The van der Waals surface area contributed by atoms with E-state index in [-0.39, 0.29) is 11.7 Å². The molecule has 0 saturated carbocycles. The van der Waals surface area contributed by atoms with Gasteiger partial charge in [0.1, 0.15) is 11.3 Å². The van der Waals surface area contributed by atoms with Gasteiger partial charge in [0.25, 0.3) is 0 Å². The van der Waals surface area contributed by atoms with Crippen LogP contribution in [0.1, 0.15) is 56.5 Å². The number of aromatic carboxylic acids is 1. The molecule has 1 N–H and O–H groups in total. The summed E-state index contributed by atoms with van der Waals surface area (Å²) in [5, 5.41) is 9.46. The van der Waals surface area contributed by atoms with E-state index >= 15 is 0 Å². The fourth-order valence-electron chi connectivity index (χ4n) is 2.80. The summed E-state index contributed by atoms with van der Waals surface area (Å²) in [6, 6.07) is 7.79. The van der Waals surface area contributed by atoms with Gasteiger partial charge in [0.2, 0.25) is 0 Å². The van der Waals surface area contributed by atoms with Gasteiger partial charge >= 0.3 is 5.97 Å². The molecule has 0 aliphatic heterocycles. The number of carboxylic acids is 1. The summed E-state index contributed by atoms with van der Waals surface area (Å²) in [6.45, 7) is 10.9. The van der Waals surface area contributed by atoms with Crippen LogP contribution in [0.2, 0.25) is 0 Å². The maximum atomic E-state index is 11.5. The number of benzene rings is 1. The number of pyridine rings is 1. The van der Waals surface area contributed by atoms with E-state index in [0.717, 1.165) is 17.0 Å². The summed E-state index contributed by atoms with van der Waals surface area (Å²) in [4.78, 5) is 17.4. The lowest BCUT2D eigenvalue weighted by atomic mass is 10.0. The molecule has 5 nitrogen and oxygen atoms in total. The summed E-state index contributed by atoms with van der Waals surface area (Å²) in [5.74, 6) is 0.194. The molecule has 0 unspecified atom stereocenters. The van der Waals surface area contributed by atoms with Gasteiger partial charge in [0.15, 0.2) is 0 Å². The highest BCUT2D eigenvalue weighted by Crippen LogP contribution is 2.35. The van der Waals surface area contributed by atoms with Crippen molar-refractivity contribution in [1.29, 1.82) is 0 Å². The molecule has 0 fully saturated rings. The highest BCUT2D eigenvalue weighted by Gasteiger charge is 2.18. The van der Waals surface area contributed by atoms with Crippen molar-refractivity contribution in [3.63, 3.8) is 0 Å². The van der Waals surface area contributed by atoms with Crippen molar-refractivity contribution in [2.45, 2.75) is 46.6 Å². The molecule has 5 heteroatoms. The van der Waals surface area contributed by atoms with Crippen molar-refractivity contribution >= 4 is 17.3 Å². The second kappa shape index (κ2) is 8.01. The SMILES string of the molecule is CCN(c1ccc(C(C)C)c(OC(C)C)c1)c1ccncc1C(=O)O. The van der Waals surface area contributed by atoms with E-state index in [1.807, 2.05) is 37.8 Å². The summed E-state index contributed by atoms with van der Waals surface area (Å²) in [7, 11) is 0. The molecule has 1 aromatic heterocycles. The summed E-state index contributed by atoms with van der Waals surface area (Å²) in [6.07, 6.45) is 3.06. The van der Waals surface area contributed by atoms with Crippen molar-refractivity contribution in [2.24, 2.45) is 0 Å². The topological polar surface area (TPSA) is 62.7 Å². The quantitative estimate of drug-likeness (QED) is 0.779. The molecule has 1 heterocycles. The highest BCUT2D eigenvalue weighted by molar-refractivity contribution is 5.95. The maximum Gasteiger partial charge on any atom is 0.339 e. The molecule has 2 rings (SSSR count). The molecule has 0 aliphatic rings. The van der Waals surface area contributed by atoms with Gasteiger partial charge in [-0.3, -0.25) is 4.98 Å². The van der Waals surface area contributed by atoms with Gasteiger partial charge in [0.05, 0.1) is 11.8 Å². The molecule has 0 radical (unpaired) electrons. The Labute approximate surface area is 149 Å². The number of rotatable bonds is 7. The zero-order valence-corrected chi connectivity index (χ0v) is 15.5. The van der Waals surface area contributed by atoms with E-state index < -0.39 is 5.97 Å². The van der Waals surface area contributed by atoms with Gasteiger partial charge in [-0.15, -0.1) is 0 Å². The van der Waals surface area contributed by atoms with E-state index in [1.165, 1.54) is 6.20 Å². The Morgan fingerprint density at radius 2 is 1.96 bits per heavy atom. The van der Waals surface area contributed by atoms with Gasteiger partial charge < -0.3 is 14.7 Å². The van der Waals surface area contributed by atoms with Crippen LogP contribution in [0, 0.1) is 0 Å². The highest BCUT2D eigenvalue weighted by atomic mass is 16.5. The van der Waals surface area contributed by atoms with Crippen LogP contribution >= 0.6 is 0 Å². The van der Waals surface area contributed by atoms with Gasteiger partial charge in [-0.05, 0) is 44.4 Å². The zero-order chi connectivity index (χ0) is 18.6. The van der Waals surface area contributed by atoms with Crippen LogP contribution in [-0.4, -0.2) is 28.7 Å². The lowest BCUT2D eigenvalue weighted by Crippen LogP contribution is -2.20. The van der Waals surface area contributed by atoms with Crippen LogP contribution in [-0.2, 0) is 0 Å². The van der Waals surface area contributed by atoms with Gasteiger partial charge in [-0.1, -0.05) is 19.9 Å². The largest absolute Gasteiger partial charge is 0.491 e. The molecular formula is C20H26N2O3. The monoisotopic (exact) mass is 342 g/mol. The Hall–Kier alpha value is -2.56. The van der Waals surface area contributed by atoms with Crippen molar-refractivity contribution in [1.82, 2.24) is 4.98 Å². The Morgan fingerprint density at radius 3 is 2.52 bits per heavy atom. The van der Waals surface area contributed by atoms with Crippen molar-refractivity contribution in [3.05, 3.63) is 47.8 Å². The lowest BCUT2D eigenvalue weighted by molar-refractivity contribution is 0.0697. The number of carbonyl (C=O) groups is 1. The predicted molar refractivity (Wildman–Crippen MR) is 100 cm³/mol. The fourth-order valence-corrected chi connectivity index (χ4v) is 2.80. The fraction of sp³-hybridized carbons (Fsp3) is 0.400. The van der Waals surface area contributed by atoms with E-state index in [9.17, 15) is 9.90 Å². The summed E-state index contributed by atoms with van der Waals surface area (Å²) < 4.78 is 6.00. The third kappa shape index (κ3) is 4.29. The molecule has 134 valence electrons. The standard InChI is InChI=1S/C20H26N2O3/c1-6-22(18-9-10-21-12-17(18)20(23)24)15-7-8-16(13(2)3)19(11-15)25-14(4)5/h7-14H,6H2,1-5H3,(H,23,24). The number of aromatic nitrogens is 1. The molecule has 0 aliphatic carbocycles. The molecule has 0 spiro atoms. The van der Waals surface area contributed by atoms with Crippen LogP contribution in [0.5, 0.6) is 5.75 Å². The Morgan fingerprint density at radius 1 is 1.24 bits per heavy atom. The van der Waals surface area contributed by atoms with Crippen molar-refractivity contribution in [3.8, 4) is 5.75 Å².